The summed E-state index contributed by atoms with van der Waals surface area (Å²) in [4.78, 5) is 4.73. The summed E-state index contributed by atoms with van der Waals surface area (Å²) in [5.41, 5.74) is 2.53. The van der Waals surface area contributed by atoms with Gasteiger partial charge in [-0.25, -0.2) is 4.99 Å². The number of hydrogen-bond donors (Lipinski definition) is 0. The van der Waals surface area contributed by atoms with E-state index < -0.39 is 0 Å². The normalized spacial score (nSPS) is 27.0. The van der Waals surface area contributed by atoms with Crippen molar-refractivity contribution < 1.29 is 4.74 Å². The number of allylic oxidation sites excluding steroid dienone is 3. The van der Waals surface area contributed by atoms with Crippen LogP contribution in [0.5, 0.6) is 0 Å². The molecule has 110 valence electrons. The molecule has 0 fully saturated rings. The number of hydrogen-bond acceptors (Lipinski definition) is 2. The minimum Gasteiger partial charge on any atom is -0.475 e. The van der Waals surface area contributed by atoms with Crippen LogP contribution >= 0.6 is 0 Å². The Balaban J connectivity index is 1.77. The Hall–Kier alpha value is -1.83. The maximum absolute atomic E-state index is 5.82. The van der Waals surface area contributed by atoms with Gasteiger partial charge in [-0.15, -0.1) is 0 Å². The fraction of sp³-hybridized carbons (Fsp3) is 0.421. The van der Waals surface area contributed by atoms with E-state index in [1.165, 1.54) is 11.1 Å². The molecule has 0 N–H and O–H groups in total. The SMILES string of the molecule is C[C@H]1C(C2=NC(C)(C)CO2)=CC=C[C@@H]1Cc1ccccc1. The molecule has 0 amide bonds. The molecule has 1 aromatic carbocycles. The minimum absolute atomic E-state index is 0.0913. The van der Waals surface area contributed by atoms with Gasteiger partial charge in [-0.05, 0) is 37.7 Å². The Labute approximate surface area is 127 Å². The smallest absolute Gasteiger partial charge is 0.212 e. The molecule has 0 unspecified atom stereocenters. The third-order valence-electron chi connectivity index (χ3n) is 4.29. The van der Waals surface area contributed by atoms with Crippen molar-refractivity contribution in [3.63, 3.8) is 0 Å². The van der Waals surface area contributed by atoms with Crippen LogP contribution in [-0.4, -0.2) is 18.0 Å². The molecule has 0 aromatic heterocycles. The van der Waals surface area contributed by atoms with Crippen molar-refractivity contribution in [1.29, 1.82) is 0 Å². The van der Waals surface area contributed by atoms with Crippen LogP contribution in [0.3, 0.4) is 0 Å². The molecule has 0 saturated carbocycles. The summed E-state index contributed by atoms with van der Waals surface area (Å²) >= 11 is 0. The molecule has 2 aliphatic rings. The Morgan fingerprint density at radius 2 is 2.00 bits per heavy atom. The third-order valence-corrected chi connectivity index (χ3v) is 4.29. The summed E-state index contributed by atoms with van der Waals surface area (Å²) in [6.45, 7) is 7.19. The van der Waals surface area contributed by atoms with Crippen LogP contribution in [0.4, 0.5) is 0 Å². The Bertz CT molecular complexity index is 595. The highest BCUT2D eigenvalue weighted by molar-refractivity contribution is 5.96. The van der Waals surface area contributed by atoms with Crippen LogP contribution in [0.1, 0.15) is 26.3 Å². The van der Waals surface area contributed by atoms with E-state index in [2.05, 4.69) is 69.3 Å². The van der Waals surface area contributed by atoms with Crippen molar-refractivity contribution in [2.75, 3.05) is 6.61 Å². The largest absolute Gasteiger partial charge is 0.475 e. The van der Waals surface area contributed by atoms with Crippen molar-refractivity contribution in [3.8, 4) is 0 Å². The second-order valence-corrected chi connectivity index (χ2v) is 6.67. The van der Waals surface area contributed by atoms with Gasteiger partial charge in [0.25, 0.3) is 0 Å². The van der Waals surface area contributed by atoms with E-state index >= 15 is 0 Å². The van der Waals surface area contributed by atoms with E-state index in [1.807, 2.05) is 0 Å². The van der Waals surface area contributed by atoms with E-state index in [0.717, 1.165) is 12.3 Å². The number of aliphatic imine (C=N–C) groups is 1. The van der Waals surface area contributed by atoms with Gasteiger partial charge in [-0.2, -0.15) is 0 Å². The van der Waals surface area contributed by atoms with Gasteiger partial charge in [0.2, 0.25) is 5.90 Å². The van der Waals surface area contributed by atoms with E-state index in [4.69, 9.17) is 9.73 Å². The highest BCUT2D eigenvalue weighted by Gasteiger charge is 2.32. The minimum atomic E-state index is -0.0913. The molecule has 21 heavy (non-hydrogen) atoms. The van der Waals surface area contributed by atoms with Gasteiger partial charge < -0.3 is 4.74 Å². The maximum atomic E-state index is 5.82. The molecule has 1 heterocycles. The van der Waals surface area contributed by atoms with Crippen molar-refractivity contribution in [3.05, 3.63) is 59.7 Å². The Morgan fingerprint density at radius 1 is 1.24 bits per heavy atom. The van der Waals surface area contributed by atoms with Gasteiger partial charge in [0, 0.05) is 5.57 Å². The van der Waals surface area contributed by atoms with Crippen LogP contribution in [-0.2, 0) is 11.2 Å². The molecular formula is C19H23NO. The lowest BCUT2D eigenvalue weighted by Crippen LogP contribution is -2.22. The summed E-state index contributed by atoms with van der Waals surface area (Å²) in [7, 11) is 0. The molecule has 1 aromatic rings. The lowest BCUT2D eigenvalue weighted by molar-refractivity contribution is 0.276. The molecular weight excluding hydrogens is 258 g/mol. The lowest BCUT2D eigenvalue weighted by atomic mass is 9.80. The van der Waals surface area contributed by atoms with Crippen LogP contribution in [0, 0.1) is 11.8 Å². The number of benzene rings is 1. The first-order valence-corrected chi connectivity index (χ1v) is 7.70. The first-order chi connectivity index (χ1) is 10.1. The van der Waals surface area contributed by atoms with Crippen molar-refractivity contribution in [2.45, 2.75) is 32.7 Å². The first kappa shape index (κ1) is 14.1. The molecule has 0 radical (unpaired) electrons. The van der Waals surface area contributed by atoms with Crippen LogP contribution < -0.4 is 0 Å². The van der Waals surface area contributed by atoms with Gasteiger partial charge in [0.15, 0.2) is 0 Å². The average molecular weight is 281 g/mol. The molecule has 0 saturated heterocycles. The highest BCUT2D eigenvalue weighted by atomic mass is 16.5. The Morgan fingerprint density at radius 3 is 2.67 bits per heavy atom. The summed E-state index contributed by atoms with van der Waals surface area (Å²) in [5, 5.41) is 0. The van der Waals surface area contributed by atoms with Gasteiger partial charge in [-0.3, -0.25) is 0 Å². The van der Waals surface area contributed by atoms with Crippen molar-refractivity contribution in [2.24, 2.45) is 16.8 Å². The zero-order chi connectivity index (χ0) is 14.9. The fourth-order valence-corrected chi connectivity index (χ4v) is 2.98. The van der Waals surface area contributed by atoms with E-state index in [0.29, 0.717) is 18.4 Å². The lowest BCUT2D eigenvalue weighted by Gasteiger charge is -2.26. The summed E-state index contributed by atoms with van der Waals surface area (Å²) in [6, 6.07) is 10.7. The fourth-order valence-electron chi connectivity index (χ4n) is 2.98. The predicted octanol–water partition coefficient (Wildman–Crippen LogP) is 4.18. The monoisotopic (exact) mass is 281 g/mol. The molecule has 1 aliphatic carbocycles. The number of nitrogens with zero attached hydrogens (tertiary/aromatic N) is 1. The highest BCUT2D eigenvalue weighted by Crippen LogP contribution is 2.32. The van der Waals surface area contributed by atoms with Gasteiger partial charge in [-0.1, -0.05) is 55.5 Å². The first-order valence-electron chi connectivity index (χ1n) is 7.70. The molecule has 2 atom stereocenters. The third kappa shape index (κ3) is 3.10. The maximum Gasteiger partial charge on any atom is 0.212 e. The second kappa shape index (κ2) is 5.51. The van der Waals surface area contributed by atoms with Crippen LogP contribution in [0.15, 0.2) is 59.1 Å². The van der Waals surface area contributed by atoms with Crippen LogP contribution in [0.25, 0.3) is 0 Å². The van der Waals surface area contributed by atoms with Gasteiger partial charge >= 0.3 is 0 Å². The summed E-state index contributed by atoms with van der Waals surface area (Å²) in [6.07, 6.45) is 7.68. The van der Waals surface area contributed by atoms with Crippen molar-refractivity contribution >= 4 is 5.90 Å². The molecule has 3 rings (SSSR count). The van der Waals surface area contributed by atoms with E-state index in [9.17, 15) is 0 Å². The average Bonchev–Trinajstić information content (AvgIpc) is 2.82. The summed E-state index contributed by atoms with van der Waals surface area (Å²) < 4.78 is 5.82. The molecule has 2 heteroatoms. The van der Waals surface area contributed by atoms with Gasteiger partial charge in [0.1, 0.15) is 6.61 Å². The molecule has 1 aliphatic heterocycles. The Kier molecular flexibility index (Phi) is 3.71. The number of rotatable bonds is 3. The molecule has 2 nitrogen and oxygen atoms in total. The second-order valence-electron chi connectivity index (χ2n) is 6.67. The topological polar surface area (TPSA) is 21.6 Å². The predicted molar refractivity (Wildman–Crippen MR) is 87.5 cm³/mol. The van der Waals surface area contributed by atoms with E-state index in [-0.39, 0.29) is 5.54 Å². The molecule has 0 bridgehead atoms. The standard InChI is InChI=1S/C19H23NO/c1-14-16(12-15-8-5-4-6-9-15)10-7-11-17(14)18-20-19(2,3)13-21-18/h4-11,14,16H,12-13H2,1-3H3/t14-,16-/m1/s1. The molecule has 0 spiro atoms. The van der Waals surface area contributed by atoms with Gasteiger partial charge in [0.05, 0.1) is 5.54 Å². The van der Waals surface area contributed by atoms with E-state index in [1.54, 1.807) is 0 Å². The van der Waals surface area contributed by atoms with Crippen LogP contribution in [0.2, 0.25) is 0 Å². The zero-order valence-corrected chi connectivity index (χ0v) is 13.0. The zero-order valence-electron chi connectivity index (χ0n) is 13.0. The number of ether oxygens (including phenoxy) is 1. The summed E-state index contributed by atoms with van der Waals surface area (Å²) in [5.74, 6) is 1.78. The van der Waals surface area contributed by atoms with Crippen molar-refractivity contribution in [1.82, 2.24) is 0 Å². The quantitative estimate of drug-likeness (QED) is 0.814.